The van der Waals surface area contributed by atoms with E-state index in [2.05, 4.69) is 162 Å². The van der Waals surface area contributed by atoms with Gasteiger partial charge in [-0.2, -0.15) is 0 Å². The van der Waals surface area contributed by atoms with E-state index in [1.165, 1.54) is 77.2 Å². The molecule has 232 valence electrons. The lowest BCUT2D eigenvalue weighted by Crippen LogP contribution is -2.16. The second kappa shape index (κ2) is 10.6. The molecule has 0 N–H and O–H groups in total. The normalized spacial score (nSPS) is 13.8. The maximum atomic E-state index is 6.41. The first-order chi connectivity index (χ1) is 23.4. The maximum Gasteiger partial charge on any atom is 0.136 e. The predicted octanol–water partition coefficient (Wildman–Crippen LogP) is 13.7. The van der Waals surface area contributed by atoms with E-state index >= 15 is 0 Å². The number of rotatable bonds is 4. The zero-order valence-corrected chi connectivity index (χ0v) is 28.2. The number of para-hydroxylation sites is 1. The average molecular weight is 619 g/mol. The summed E-state index contributed by atoms with van der Waals surface area (Å²) in [7, 11) is 0. The lowest BCUT2D eigenvalue weighted by Gasteiger charge is -2.27. The van der Waals surface area contributed by atoms with E-state index in [0.717, 1.165) is 21.9 Å². The molecule has 9 rings (SSSR count). The fourth-order valence-corrected chi connectivity index (χ4v) is 8.56. The monoisotopic (exact) mass is 618 g/mol. The van der Waals surface area contributed by atoms with Gasteiger partial charge in [0.25, 0.3) is 0 Å². The van der Waals surface area contributed by atoms with E-state index in [1.54, 1.807) is 0 Å². The summed E-state index contributed by atoms with van der Waals surface area (Å²) < 4.78 is 6.41. The summed E-state index contributed by atoms with van der Waals surface area (Å²) in [5.74, 6) is 0.368. The molecule has 1 heterocycles. The first-order valence-electron chi connectivity index (χ1n) is 17.2. The van der Waals surface area contributed by atoms with Gasteiger partial charge in [0.15, 0.2) is 0 Å². The summed E-state index contributed by atoms with van der Waals surface area (Å²) in [6.07, 6.45) is 4.57. The fraction of sp³-hybridized carbons (Fsp3) is 0.149. The molecule has 0 bridgehead atoms. The molecule has 1 heteroatoms. The Hall–Kier alpha value is -5.40. The molecule has 7 aromatic carbocycles. The predicted molar refractivity (Wildman–Crippen MR) is 206 cm³/mol. The van der Waals surface area contributed by atoms with Crippen molar-refractivity contribution in [3.8, 4) is 33.4 Å². The molecule has 0 unspecified atom stereocenters. The highest BCUT2D eigenvalue weighted by Crippen LogP contribution is 2.57. The van der Waals surface area contributed by atoms with Gasteiger partial charge in [0.2, 0.25) is 0 Å². The van der Waals surface area contributed by atoms with E-state index in [0.29, 0.717) is 5.92 Å². The van der Waals surface area contributed by atoms with Crippen molar-refractivity contribution in [1.29, 1.82) is 0 Å². The zero-order chi connectivity index (χ0) is 32.7. The molecule has 1 nitrogen and oxygen atoms in total. The maximum absolute atomic E-state index is 6.41. The summed E-state index contributed by atoms with van der Waals surface area (Å²) in [6.45, 7) is 11.6. The summed E-state index contributed by atoms with van der Waals surface area (Å²) in [5, 5.41) is 7.35. The standard InChI is InChI=1S/C47H38O/c1-6-15-32-38(28(2)3)27-40-45(37-21-11-13-22-39(37)47(40,4)5)46(32)44-35-19-9-7-17-33(35)43(34-18-8-10-20-36(34)44)29-24-25-31-30-16-12-14-23-41(30)48-42(31)26-29/h6-28H,1-5H3/b15-6-. The minimum Gasteiger partial charge on any atom is -0.456 e. The van der Waals surface area contributed by atoms with E-state index < -0.39 is 0 Å². The lowest BCUT2D eigenvalue weighted by molar-refractivity contribution is 0.658. The molecule has 0 spiro atoms. The van der Waals surface area contributed by atoms with E-state index in [4.69, 9.17) is 4.42 Å². The Morgan fingerprint density at radius 3 is 1.79 bits per heavy atom. The van der Waals surface area contributed by atoms with Crippen molar-refractivity contribution in [2.45, 2.75) is 46.0 Å². The molecule has 0 fully saturated rings. The lowest BCUT2D eigenvalue weighted by atomic mass is 9.76. The molecule has 1 aliphatic carbocycles. The third-order valence-electron chi connectivity index (χ3n) is 10.7. The van der Waals surface area contributed by atoms with Crippen LogP contribution in [0.25, 0.3) is 82.9 Å². The molecule has 1 aromatic heterocycles. The van der Waals surface area contributed by atoms with Crippen LogP contribution in [0.5, 0.6) is 0 Å². The third-order valence-corrected chi connectivity index (χ3v) is 10.7. The zero-order valence-electron chi connectivity index (χ0n) is 28.2. The minimum atomic E-state index is -0.105. The van der Waals surface area contributed by atoms with Gasteiger partial charge < -0.3 is 4.42 Å². The minimum absolute atomic E-state index is 0.105. The fourth-order valence-electron chi connectivity index (χ4n) is 8.56. The van der Waals surface area contributed by atoms with Crippen LogP contribution >= 0.6 is 0 Å². The first kappa shape index (κ1) is 28.8. The number of hydrogen-bond donors (Lipinski definition) is 0. The molecule has 1 aliphatic rings. The van der Waals surface area contributed by atoms with Crippen molar-refractivity contribution in [3.63, 3.8) is 0 Å². The van der Waals surface area contributed by atoms with Crippen LogP contribution in [0.4, 0.5) is 0 Å². The quantitative estimate of drug-likeness (QED) is 0.179. The highest BCUT2D eigenvalue weighted by atomic mass is 16.3. The van der Waals surface area contributed by atoms with E-state index in [-0.39, 0.29) is 5.41 Å². The number of hydrogen-bond acceptors (Lipinski definition) is 1. The van der Waals surface area contributed by atoms with Gasteiger partial charge in [0, 0.05) is 16.2 Å². The average Bonchev–Trinajstić information content (AvgIpc) is 3.58. The molecular weight excluding hydrogens is 581 g/mol. The van der Waals surface area contributed by atoms with Gasteiger partial charge in [-0.05, 0) is 108 Å². The van der Waals surface area contributed by atoms with Gasteiger partial charge in [-0.3, -0.25) is 0 Å². The molecule has 0 saturated heterocycles. The largest absolute Gasteiger partial charge is 0.456 e. The van der Waals surface area contributed by atoms with Crippen LogP contribution in [0.15, 0.2) is 132 Å². The summed E-state index contributed by atoms with van der Waals surface area (Å²) in [4.78, 5) is 0. The first-order valence-corrected chi connectivity index (χ1v) is 17.2. The smallest absolute Gasteiger partial charge is 0.136 e. The third kappa shape index (κ3) is 3.97. The second-order valence-corrected chi connectivity index (χ2v) is 14.2. The van der Waals surface area contributed by atoms with Crippen LogP contribution < -0.4 is 0 Å². The summed E-state index contributed by atoms with van der Waals surface area (Å²) in [5.41, 5.74) is 15.1. The second-order valence-electron chi connectivity index (χ2n) is 14.2. The summed E-state index contributed by atoms with van der Waals surface area (Å²) in [6, 6.07) is 44.7. The highest BCUT2D eigenvalue weighted by Gasteiger charge is 2.39. The Labute approximate surface area is 282 Å². The molecule has 8 aromatic rings. The van der Waals surface area contributed by atoms with Gasteiger partial charge in [0.05, 0.1) is 0 Å². The Balaban J connectivity index is 1.46. The van der Waals surface area contributed by atoms with E-state index in [9.17, 15) is 0 Å². The topological polar surface area (TPSA) is 13.1 Å². The van der Waals surface area contributed by atoms with Crippen LogP contribution in [0.1, 0.15) is 62.8 Å². The van der Waals surface area contributed by atoms with Gasteiger partial charge in [-0.25, -0.2) is 0 Å². The molecular formula is C47H38O. The Morgan fingerprint density at radius 2 is 1.12 bits per heavy atom. The van der Waals surface area contributed by atoms with Crippen molar-refractivity contribution in [2.24, 2.45) is 0 Å². The van der Waals surface area contributed by atoms with Crippen molar-refractivity contribution >= 4 is 49.6 Å². The van der Waals surface area contributed by atoms with Gasteiger partial charge in [0.1, 0.15) is 11.2 Å². The van der Waals surface area contributed by atoms with Gasteiger partial charge in [-0.15, -0.1) is 0 Å². The number of benzene rings is 7. The van der Waals surface area contributed by atoms with Crippen LogP contribution in [-0.2, 0) is 5.41 Å². The SMILES string of the molecule is C/C=C\c1c(C(C)C)cc2c(c1-c1c3ccccc3c(-c3ccc4c(c3)oc3ccccc34)c3ccccc13)-c1ccccc1C2(C)C. The van der Waals surface area contributed by atoms with Crippen molar-refractivity contribution in [1.82, 2.24) is 0 Å². The Kier molecular flexibility index (Phi) is 6.33. The molecule has 0 radical (unpaired) electrons. The molecule has 0 atom stereocenters. The van der Waals surface area contributed by atoms with Crippen LogP contribution in [0.2, 0.25) is 0 Å². The van der Waals surface area contributed by atoms with Crippen LogP contribution in [0.3, 0.4) is 0 Å². The van der Waals surface area contributed by atoms with Crippen LogP contribution in [0, 0.1) is 0 Å². The number of furan rings is 1. The molecule has 0 amide bonds. The number of fused-ring (bicyclic) bond motifs is 8. The molecule has 0 aliphatic heterocycles. The summed E-state index contributed by atoms with van der Waals surface area (Å²) >= 11 is 0. The Morgan fingerprint density at radius 1 is 0.542 bits per heavy atom. The van der Waals surface area contributed by atoms with Crippen molar-refractivity contribution in [2.75, 3.05) is 0 Å². The van der Waals surface area contributed by atoms with Crippen molar-refractivity contribution < 1.29 is 4.42 Å². The van der Waals surface area contributed by atoms with Gasteiger partial charge >= 0.3 is 0 Å². The van der Waals surface area contributed by atoms with Crippen LogP contribution in [-0.4, -0.2) is 0 Å². The highest BCUT2D eigenvalue weighted by molar-refractivity contribution is 6.24. The van der Waals surface area contributed by atoms with Crippen molar-refractivity contribution in [3.05, 3.63) is 150 Å². The Bertz CT molecular complexity index is 2570. The van der Waals surface area contributed by atoms with E-state index in [1.807, 2.05) is 6.07 Å². The molecule has 48 heavy (non-hydrogen) atoms. The molecule has 0 saturated carbocycles. The van der Waals surface area contributed by atoms with Gasteiger partial charge in [-0.1, -0.05) is 143 Å². The number of allylic oxidation sites excluding steroid dienone is 1.